The second-order valence-corrected chi connectivity index (χ2v) is 8.88. The van der Waals surface area contributed by atoms with Gasteiger partial charge in [0.2, 0.25) is 0 Å². The number of carbonyl (C=O) groups is 2. The minimum atomic E-state index is -0.585. The van der Waals surface area contributed by atoms with Gasteiger partial charge in [-0.25, -0.2) is 9.37 Å². The summed E-state index contributed by atoms with van der Waals surface area (Å²) in [6, 6.07) is 9.53. The average molecular weight is 427 g/mol. The molecule has 3 saturated carbocycles. The molecule has 30 heavy (non-hydrogen) atoms. The van der Waals surface area contributed by atoms with Crippen LogP contribution in [0.25, 0.3) is 0 Å². The van der Waals surface area contributed by atoms with Crippen molar-refractivity contribution in [3.63, 3.8) is 0 Å². The van der Waals surface area contributed by atoms with Crippen molar-refractivity contribution in [3.05, 3.63) is 58.6 Å². The largest absolute Gasteiger partial charge is 0.486 e. The Bertz CT molecular complexity index is 1030. The first-order valence-corrected chi connectivity index (χ1v) is 10.2. The average Bonchev–Trinajstić information content (AvgIpc) is 2.69. The molecule has 7 heteroatoms. The highest BCUT2D eigenvalue weighted by molar-refractivity contribution is 6.30. The van der Waals surface area contributed by atoms with E-state index < -0.39 is 5.82 Å². The molecule has 0 amide bonds. The van der Waals surface area contributed by atoms with E-state index in [1.54, 1.807) is 12.3 Å². The summed E-state index contributed by atoms with van der Waals surface area (Å²) in [6.45, 7) is -0.116. The molecule has 1 aromatic heterocycles. The predicted octanol–water partition coefficient (Wildman–Crippen LogP) is 4.46. The van der Waals surface area contributed by atoms with Crippen molar-refractivity contribution in [3.8, 4) is 11.8 Å². The number of nitriles is 1. The molecule has 0 radical (unpaired) electrons. The second-order valence-electron chi connectivity index (χ2n) is 8.48. The number of halogens is 2. The maximum absolute atomic E-state index is 13.4. The summed E-state index contributed by atoms with van der Waals surface area (Å²) in [6.07, 6.45) is 5.35. The van der Waals surface area contributed by atoms with Crippen LogP contribution in [-0.4, -0.2) is 23.2 Å². The van der Waals surface area contributed by atoms with Gasteiger partial charge in [-0.2, -0.15) is 5.26 Å². The van der Waals surface area contributed by atoms with Crippen molar-refractivity contribution in [2.75, 3.05) is 6.61 Å². The molecule has 0 aliphatic heterocycles. The Morgan fingerprint density at radius 3 is 2.63 bits per heavy atom. The van der Waals surface area contributed by atoms with Crippen LogP contribution in [0.15, 0.2) is 36.5 Å². The number of aryl methyl sites for hydroxylation is 1. The highest BCUT2D eigenvalue weighted by Gasteiger charge is 2.70. The number of hydrogen-bond donors (Lipinski definition) is 0. The van der Waals surface area contributed by atoms with Gasteiger partial charge in [-0.1, -0.05) is 17.7 Å². The van der Waals surface area contributed by atoms with Crippen molar-refractivity contribution in [2.45, 2.75) is 38.5 Å². The zero-order chi connectivity index (χ0) is 21.4. The van der Waals surface area contributed by atoms with E-state index in [9.17, 15) is 14.0 Å². The number of carbonyl (C=O) groups excluding carboxylic acids is 2. The Kier molecular flexibility index (Phi) is 5.33. The van der Waals surface area contributed by atoms with Crippen molar-refractivity contribution < 1.29 is 18.7 Å². The van der Waals surface area contributed by atoms with Crippen molar-refractivity contribution >= 4 is 23.2 Å². The summed E-state index contributed by atoms with van der Waals surface area (Å²) in [7, 11) is 0. The number of rotatable bonds is 9. The molecule has 2 aromatic rings. The lowest BCUT2D eigenvalue weighted by Gasteiger charge is -2.70. The fourth-order valence-electron chi connectivity index (χ4n) is 4.84. The van der Waals surface area contributed by atoms with Crippen LogP contribution in [0.5, 0.6) is 5.75 Å². The first kappa shape index (κ1) is 20.5. The van der Waals surface area contributed by atoms with Gasteiger partial charge in [0.25, 0.3) is 0 Å². The summed E-state index contributed by atoms with van der Waals surface area (Å²) in [5.41, 5.74) is 0.966. The number of Topliss-reactive ketones (excluding diaryl/α,β-unsaturated/α-hetero) is 2. The van der Waals surface area contributed by atoms with Crippen LogP contribution in [0, 0.1) is 28.0 Å². The van der Waals surface area contributed by atoms with E-state index in [1.807, 2.05) is 12.1 Å². The maximum Gasteiger partial charge on any atom is 0.170 e. The molecule has 5 nitrogen and oxygen atoms in total. The van der Waals surface area contributed by atoms with Crippen molar-refractivity contribution in [1.29, 1.82) is 5.26 Å². The van der Waals surface area contributed by atoms with Gasteiger partial charge in [-0.05, 0) is 54.9 Å². The molecule has 154 valence electrons. The summed E-state index contributed by atoms with van der Waals surface area (Å²) >= 11 is 5.63. The van der Waals surface area contributed by atoms with Crippen molar-refractivity contribution in [1.82, 2.24) is 4.98 Å². The molecule has 0 unspecified atom stereocenters. The smallest absolute Gasteiger partial charge is 0.170 e. The van der Waals surface area contributed by atoms with Gasteiger partial charge in [-0.15, -0.1) is 0 Å². The molecule has 0 spiro atoms. The number of ether oxygens (including phenoxy) is 1. The maximum atomic E-state index is 13.4. The molecule has 3 aliphatic carbocycles. The lowest BCUT2D eigenvalue weighted by atomic mass is 9.33. The predicted molar refractivity (Wildman–Crippen MR) is 108 cm³/mol. The second kappa shape index (κ2) is 7.81. The standard InChI is InChI=1S/C23H20ClFN2O3/c24-19-5-4-18(7-20(19)25)30-11-17(28)8-22-12-23(13-22,14-22)21(29)6-2-15-1-3-16(9-26)27-10-15/h1,3-5,7,10H,2,6,8,11-14H2. The highest BCUT2D eigenvalue weighted by Crippen LogP contribution is 2.75. The van der Waals surface area contributed by atoms with Crippen molar-refractivity contribution in [2.24, 2.45) is 10.8 Å². The van der Waals surface area contributed by atoms with Gasteiger partial charge in [0, 0.05) is 30.5 Å². The fraction of sp³-hybridized carbons (Fsp3) is 0.391. The fourth-order valence-corrected chi connectivity index (χ4v) is 4.96. The summed E-state index contributed by atoms with van der Waals surface area (Å²) < 4.78 is 18.8. The zero-order valence-electron chi connectivity index (χ0n) is 16.3. The van der Waals surface area contributed by atoms with E-state index in [4.69, 9.17) is 21.6 Å². The number of hydrogen-bond acceptors (Lipinski definition) is 5. The third-order valence-corrected chi connectivity index (χ3v) is 6.48. The van der Waals surface area contributed by atoms with Gasteiger partial charge in [0.1, 0.15) is 35.7 Å². The van der Waals surface area contributed by atoms with E-state index in [2.05, 4.69) is 4.98 Å². The number of benzene rings is 1. The van der Waals surface area contributed by atoms with Crippen LogP contribution in [0.2, 0.25) is 5.02 Å². The number of pyridine rings is 1. The Balaban J connectivity index is 1.21. The van der Waals surface area contributed by atoms with Crippen LogP contribution in [0.4, 0.5) is 4.39 Å². The first-order valence-electron chi connectivity index (χ1n) is 9.81. The normalized spacial score (nSPS) is 23.6. The quantitative estimate of drug-likeness (QED) is 0.591. The topological polar surface area (TPSA) is 80.0 Å². The minimum Gasteiger partial charge on any atom is -0.486 e. The third-order valence-electron chi connectivity index (χ3n) is 6.17. The molecule has 5 rings (SSSR count). The monoisotopic (exact) mass is 426 g/mol. The van der Waals surface area contributed by atoms with Gasteiger partial charge in [-0.3, -0.25) is 9.59 Å². The molecule has 1 heterocycles. The van der Waals surface area contributed by atoms with Gasteiger partial charge < -0.3 is 4.74 Å². The van der Waals surface area contributed by atoms with E-state index in [0.29, 0.717) is 25.0 Å². The van der Waals surface area contributed by atoms with E-state index in [0.717, 1.165) is 30.9 Å². The van der Waals surface area contributed by atoms with Crippen LogP contribution < -0.4 is 4.74 Å². The Labute approximate surface area is 178 Å². The Morgan fingerprint density at radius 1 is 1.23 bits per heavy atom. The molecule has 3 fully saturated rings. The lowest BCUT2D eigenvalue weighted by molar-refractivity contribution is -0.208. The molecule has 0 atom stereocenters. The Hall–Kier alpha value is -2.78. The summed E-state index contributed by atoms with van der Waals surface area (Å²) in [4.78, 5) is 29.0. The van der Waals surface area contributed by atoms with Crippen LogP contribution >= 0.6 is 11.6 Å². The van der Waals surface area contributed by atoms with Gasteiger partial charge >= 0.3 is 0 Å². The lowest BCUT2D eigenvalue weighted by Crippen LogP contribution is -2.65. The van der Waals surface area contributed by atoms with E-state index >= 15 is 0 Å². The van der Waals surface area contributed by atoms with E-state index in [1.165, 1.54) is 12.1 Å². The molecule has 1 aromatic carbocycles. The summed E-state index contributed by atoms with van der Waals surface area (Å²) in [5.74, 6) is -0.117. The molecule has 3 aliphatic rings. The molecule has 2 bridgehead atoms. The van der Waals surface area contributed by atoms with Crippen LogP contribution in [0.3, 0.4) is 0 Å². The Morgan fingerprint density at radius 2 is 2.00 bits per heavy atom. The highest BCUT2D eigenvalue weighted by atomic mass is 35.5. The number of aromatic nitrogens is 1. The zero-order valence-corrected chi connectivity index (χ0v) is 17.0. The SMILES string of the molecule is N#Cc1ccc(CCC(=O)C23CC(CC(=O)COc4ccc(Cl)c(F)c4)(C2)C3)cn1. The first-order chi connectivity index (χ1) is 14.3. The minimum absolute atomic E-state index is 0.00736. The molecular formula is C23H20ClFN2O3. The van der Waals surface area contributed by atoms with Gasteiger partial charge in [0.05, 0.1) is 5.02 Å². The molecule has 0 N–H and O–H groups in total. The summed E-state index contributed by atoms with van der Waals surface area (Å²) in [5, 5.41) is 8.79. The van der Waals surface area contributed by atoms with E-state index in [-0.39, 0.29) is 39.8 Å². The molecule has 0 saturated heterocycles. The van der Waals surface area contributed by atoms with Crippen LogP contribution in [-0.2, 0) is 16.0 Å². The number of nitrogens with zero attached hydrogens (tertiary/aromatic N) is 2. The van der Waals surface area contributed by atoms with Gasteiger partial charge in [0.15, 0.2) is 5.78 Å². The molecular weight excluding hydrogens is 407 g/mol. The number of ketones is 2. The van der Waals surface area contributed by atoms with Crippen LogP contribution in [0.1, 0.15) is 43.4 Å². The third kappa shape index (κ3) is 3.95.